The summed E-state index contributed by atoms with van der Waals surface area (Å²) in [7, 11) is 1.80. The lowest BCUT2D eigenvalue weighted by molar-refractivity contribution is -0.137. The maximum absolute atomic E-state index is 13.5. The van der Waals surface area contributed by atoms with Crippen LogP contribution < -0.4 is 9.64 Å². The van der Waals surface area contributed by atoms with Gasteiger partial charge in [0.25, 0.3) is 0 Å². The fourth-order valence-electron chi connectivity index (χ4n) is 4.97. The van der Waals surface area contributed by atoms with Crippen molar-refractivity contribution in [3.63, 3.8) is 0 Å². The minimum absolute atomic E-state index is 0.0965. The van der Waals surface area contributed by atoms with Gasteiger partial charge in [-0.25, -0.2) is 4.68 Å². The van der Waals surface area contributed by atoms with Gasteiger partial charge in [0.2, 0.25) is 0 Å². The van der Waals surface area contributed by atoms with Crippen molar-refractivity contribution in [1.82, 2.24) is 9.78 Å². The summed E-state index contributed by atoms with van der Waals surface area (Å²) >= 11 is 12.9. The van der Waals surface area contributed by atoms with Crippen molar-refractivity contribution in [2.45, 2.75) is 64.8 Å². The Kier molecular flexibility index (Phi) is 10.0. The van der Waals surface area contributed by atoms with Crippen LogP contribution in [-0.2, 0) is 23.4 Å². The normalized spacial score (nSPS) is 12.7. The smallest absolute Gasteiger partial charge is 0.416 e. The maximum atomic E-state index is 13.5. The van der Waals surface area contributed by atoms with Gasteiger partial charge >= 0.3 is 6.18 Å². The fraction of sp³-hybridized carbons (Fsp3) is 0.424. The Morgan fingerprint density at radius 1 is 0.932 bits per heavy atom. The molecule has 0 unspecified atom stereocenters. The molecule has 0 saturated heterocycles. The number of ether oxygens (including phenoxy) is 1. The second-order valence-electron chi connectivity index (χ2n) is 12.6. The quantitative estimate of drug-likeness (QED) is 0.125. The monoisotopic (exact) mass is 665 g/mol. The number of halogens is 5. The van der Waals surface area contributed by atoms with Gasteiger partial charge in [-0.2, -0.15) is 18.3 Å². The number of aryl methyl sites for hydroxylation is 1. The molecule has 0 radical (unpaired) electrons. The second-order valence-corrected chi connectivity index (χ2v) is 18.2. The standard InChI is InChI=1S/C33H40Cl2F3N3O2Si/c1-9-28-25(31(40(5)6)41(39-28)30-26(34)18-22(19-27(30)35)33(36,37)38)20-24-23-13-11-10-12-21(23)14-15-29(24)42-16-17-43-44(7,8)32(2,3)4/h10-15,18-19H,9,16-17,20H2,1-8H3. The Hall–Kier alpha value is -2.72. The number of rotatable bonds is 10. The minimum Gasteiger partial charge on any atom is -0.491 e. The van der Waals surface area contributed by atoms with E-state index in [-0.39, 0.29) is 20.8 Å². The number of fused-ring (bicyclic) bond motifs is 1. The molecule has 0 aliphatic rings. The van der Waals surface area contributed by atoms with Gasteiger partial charge < -0.3 is 14.1 Å². The molecule has 0 amide bonds. The number of benzene rings is 3. The molecular formula is C33H40Cl2F3N3O2Si. The van der Waals surface area contributed by atoms with E-state index in [1.165, 1.54) is 0 Å². The number of nitrogens with zero attached hydrogens (tertiary/aromatic N) is 3. The van der Waals surface area contributed by atoms with Crippen LogP contribution in [0.25, 0.3) is 16.5 Å². The average Bonchev–Trinajstić information content (AvgIpc) is 3.28. The predicted octanol–water partition coefficient (Wildman–Crippen LogP) is 9.97. The van der Waals surface area contributed by atoms with Crippen LogP contribution in [0.15, 0.2) is 48.5 Å². The Labute approximate surface area is 269 Å². The molecule has 11 heteroatoms. The minimum atomic E-state index is -4.58. The van der Waals surface area contributed by atoms with Gasteiger partial charge in [-0.15, -0.1) is 0 Å². The van der Waals surface area contributed by atoms with E-state index < -0.39 is 20.1 Å². The topological polar surface area (TPSA) is 39.5 Å². The molecule has 5 nitrogen and oxygen atoms in total. The lowest BCUT2D eigenvalue weighted by Crippen LogP contribution is -2.41. The molecule has 0 atom stereocenters. The van der Waals surface area contributed by atoms with E-state index in [1.54, 1.807) is 4.68 Å². The SMILES string of the molecule is CCc1nn(-c2c(Cl)cc(C(F)(F)F)cc2Cl)c(N(C)C)c1Cc1c(OCCO[Si](C)(C)C(C)(C)C)ccc2ccccc12. The molecule has 1 aromatic heterocycles. The Morgan fingerprint density at radius 2 is 1.57 bits per heavy atom. The molecule has 1 heterocycles. The van der Waals surface area contributed by atoms with E-state index in [1.807, 2.05) is 50.2 Å². The number of hydrogen-bond acceptors (Lipinski definition) is 4. The summed E-state index contributed by atoms with van der Waals surface area (Å²) < 4.78 is 54.7. The van der Waals surface area contributed by atoms with Crippen LogP contribution in [0.3, 0.4) is 0 Å². The summed E-state index contributed by atoms with van der Waals surface area (Å²) in [5.41, 5.74) is 1.95. The Morgan fingerprint density at radius 3 is 2.14 bits per heavy atom. The number of alkyl halides is 3. The van der Waals surface area contributed by atoms with Gasteiger partial charge in [0, 0.05) is 31.6 Å². The van der Waals surface area contributed by atoms with Crippen molar-refractivity contribution >= 4 is 48.1 Å². The molecule has 0 aliphatic heterocycles. The summed E-state index contributed by atoms with van der Waals surface area (Å²) in [6, 6.07) is 13.9. The highest BCUT2D eigenvalue weighted by atomic mass is 35.5. The van der Waals surface area contributed by atoms with Crippen LogP contribution in [0.4, 0.5) is 19.0 Å². The van der Waals surface area contributed by atoms with E-state index in [0.29, 0.717) is 31.9 Å². The molecule has 4 rings (SSSR count). The zero-order valence-electron chi connectivity index (χ0n) is 26.5. The van der Waals surface area contributed by atoms with Crippen LogP contribution in [0.2, 0.25) is 28.2 Å². The van der Waals surface area contributed by atoms with Gasteiger partial charge in [-0.3, -0.25) is 0 Å². The third-order valence-corrected chi connectivity index (χ3v) is 13.4. The zero-order chi connectivity index (χ0) is 32.6. The fourth-order valence-corrected chi connectivity index (χ4v) is 6.65. The van der Waals surface area contributed by atoms with Crippen LogP contribution in [0.1, 0.15) is 50.1 Å². The molecule has 44 heavy (non-hydrogen) atoms. The Bertz CT molecular complexity index is 1620. The van der Waals surface area contributed by atoms with E-state index in [2.05, 4.69) is 46.0 Å². The molecule has 0 fully saturated rings. The molecule has 0 spiro atoms. The summed E-state index contributed by atoms with van der Waals surface area (Å²) in [6.07, 6.45) is -3.53. The van der Waals surface area contributed by atoms with Crippen LogP contribution in [0.5, 0.6) is 5.75 Å². The van der Waals surface area contributed by atoms with Crippen molar-refractivity contribution in [2.75, 3.05) is 32.2 Å². The lowest BCUT2D eigenvalue weighted by atomic mass is 9.96. The number of aromatic nitrogens is 2. The largest absolute Gasteiger partial charge is 0.491 e. The van der Waals surface area contributed by atoms with Gasteiger partial charge in [-0.05, 0) is 53.5 Å². The van der Waals surface area contributed by atoms with E-state index >= 15 is 0 Å². The molecule has 4 aromatic rings. The highest BCUT2D eigenvalue weighted by Crippen LogP contribution is 2.41. The lowest BCUT2D eigenvalue weighted by Gasteiger charge is -2.36. The average molecular weight is 667 g/mol. The first kappa shape index (κ1) is 34.2. The second kappa shape index (κ2) is 12.9. The third-order valence-electron chi connectivity index (χ3n) is 8.32. The summed E-state index contributed by atoms with van der Waals surface area (Å²) in [6.45, 7) is 13.9. The predicted molar refractivity (Wildman–Crippen MR) is 178 cm³/mol. The maximum Gasteiger partial charge on any atom is 0.416 e. The van der Waals surface area contributed by atoms with Crippen LogP contribution in [-0.4, -0.2) is 45.4 Å². The molecule has 3 aromatic carbocycles. The molecule has 0 bridgehead atoms. The molecule has 0 saturated carbocycles. The number of hydrogen-bond donors (Lipinski definition) is 0. The summed E-state index contributed by atoms with van der Waals surface area (Å²) in [4.78, 5) is 1.88. The third kappa shape index (κ3) is 7.06. The molecule has 238 valence electrons. The highest BCUT2D eigenvalue weighted by molar-refractivity contribution is 6.74. The summed E-state index contributed by atoms with van der Waals surface area (Å²) in [5, 5.41) is 6.76. The molecular weight excluding hydrogens is 626 g/mol. The first-order valence-electron chi connectivity index (χ1n) is 14.6. The van der Waals surface area contributed by atoms with E-state index in [0.717, 1.165) is 45.5 Å². The summed E-state index contributed by atoms with van der Waals surface area (Å²) in [5.74, 6) is 1.41. The zero-order valence-corrected chi connectivity index (χ0v) is 29.0. The van der Waals surface area contributed by atoms with Gasteiger partial charge in [0.05, 0.1) is 27.9 Å². The Balaban J connectivity index is 1.79. The van der Waals surface area contributed by atoms with Crippen LogP contribution >= 0.6 is 23.2 Å². The van der Waals surface area contributed by atoms with Gasteiger partial charge in [0.1, 0.15) is 23.9 Å². The first-order valence-corrected chi connectivity index (χ1v) is 18.2. The molecule has 0 N–H and O–H groups in total. The van der Waals surface area contributed by atoms with Gasteiger partial charge in [0.15, 0.2) is 8.32 Å². The first-order chi connectivity index (χ1) is 20.5. The van der Waals surface area contributed by atoms with Crippen molar-refractivity contribution in [1.29, 1.82) is 0 Å². The van der Waals surface area contributed by atoms with Crippen molar-refractivity contribution < 1.29 is 22.3 Å². The van der Waals surface area contributed by atoms with Crippen molar-refractivity contribution in [2.24, 2.45) is 0 Å². The molecule has 0 aliphatic carbocycles. The van der Waals surface area contributed by atoms with Crippen LogP contribution in [0, 0.1) is 0 Å². The highest BCUT2D eigenvalue weighted by Gasteiger charge is 2.37. The van der Waals surface area contributed by atoms with Gasteiger partial charge in [-0.1, -0.05) is 81.2 Å². The van der Waals surface area contributed by atoms with E-state index in [4.69, 9.17) is 37.5 Å². The number of anilines is 1. The van der Waals surface area contributed by atoms with Crippen molar-refractivity contribution in [3.8, 4) is 11.4 Å². The van der Waals surface area contributed by atoms with Crippen molar-refractivity contribution in [3.05, 3.63) is 81.0 Å². The van der Waals surface area contributed by atoms with E-state index in [9.17, 15) is 13.2 Å².